The van der Waals surface area contributed by atoms with Gasteiger partial charge in [-0.2, -0.15) is 0 Å². The summed E-state index contributed by atoms with van der Waals surface area (Å²) in [4.78, 5) is 24.7. The number of hydrogen-bond donors (Lipinski definition) is 1. The van der Waals surface area contributed by atoms with Gasteiger partial charge < -0.3 is 14.7 Å². The molecule has 1 fully saturated rings. The van der Waals surface area contributed by atoms with Gasteiger partial charge in [-0.15, -0.1) is 0 Å². The normalized spacial score (nSPS) is 20.1. The summed E-state index contributed by atoms with van der Waals surface area (Å²) in [6.07, 6.45) is 0. The van der Waals surface area contributed by atoms with Crippen molar-refractivity contribution in [3.05, 3.63) is 42.0 Å². The molecular formula is C15H17NO4. The van der Waals surface area contributed by atoms with Gasteiger partial charge in [-0.3, -0.25) is 9.59 Å². The molecule has 5 heteroatoms. The largest absolute Gasteiger partial charge is 0.497 e. The van der Waals surface area contributed by atoms with Gasteiger partial charge in [-0.05, 0) is 24.6 Å². The van der Waals surface area contributed by atoms with Gasteiger partial charge in [0.05, 0.1) is 13.2 Å². The van der Waals surface area contributed by atoms with E-state index in [0.717, 1.165) is 11.3 Å². The molecule has 2 atom stereocenters. The van der Waals surface area contributed by atoms with Crippen molar-refractivity contribution in [3.63, 3.8) is 0 Å². The second-order valence-corrected chi connectivity index (χ2v) is 4.82. The van der Waals surface area contributed by atoms with E-state index in [4.69, 9.17) is 9.84 Å². The van der Waals surface area contributed by atoms with E-state index < -0.39 is 11.9 Å². The molecule has 1 N–H and O–H groups in total. The van der Waals surface area contributed by atoms with Gasteiger partial charge in [0, 0.05) is 12.1 Å². The Hall–Kier alpha value is -2.30. The molecule has 0 radical (unpaired) electrons. The minimum Gasteiger partial charge on any atom is -0.497 e. The fourth-order valence-electron chi connectivity index (χ4n) is 2.35. The van der Waals surface area contributed by atoms with Gasteiger partial charge in [0.1, 0.15) is 11.7 Å². The molecule has 1 aromatic rings. The summed E-state index contributed by atoms with van der Waals surface area (Å²) in [5.41, 5.74) is 1.08. The number of carboxylic acid groups (broad SMARTS) is 1. The van der Waals surface area contributed by atoms with Gasteiger partial charge in [0.2, 0.25) is 0 Å². The fourth-order valence-corrected chi connectivity index (χ4v) is 2.35. The highest BCUT2D eigenvalue weighted by Crippen LogP contribution is 2.31. The van der Waals surface area contributed by atoms with Crippen molar-refractivity contribution in [2.75, 3.05) is 13.7 Å². The third kappa shape index (κ3) is 2.39. The predicted molar refractivity (Wildman–Crippen MR) is 73.4 cm³/mol. The lowest BCUT2D eigenvalue weighted by molar-refractivity contribution is -0.140. The fraction of sp³-hybridized carbons (Fsp3) is 0.333. The van der Waals surface area contributed by atoms with Crippen molar-refractivity contribution in [1.29, 1.82) is 0 Å². The molecule has 1 amide bonds. The van der Waals surface area contributed by atoms with Gasteiger partial charge in [0.25, 0.3) is 5.91 Å². The molecule has 1 aliphatic heterocycles. The highest BCUT2D eigenvalue weighted by atomic mass is 16.5. The van der Waals surface area contributed by atoms with Crippen LogP contribution in [0, 0.1) is 5.92 Å². The summed E-state index contributed by atoms with van der Waals surface area (Å²) < 4.78 is 5.09. The summed E-state index contributed by atoms with van der Waals surface area (Å²) in [5.74, 6) is -1.38. The standard InChI is InChI=1S/C15H17NO4/c1-9-13(15(18)19)8-16(14(9)17)10(2)11-4-6-12(20-3)7-5-11/h4-7,10,13H,1,8H2,2-3H3,(H,18,19)/t10-,13?/m0/s1. The van der Waals surface area contributed by atoms with Crippen LogP contribution in [0.2, 0.25) is 0 Å². The Labute approximate surface area is 117 Å². The predicted octanol–water partition coefficient (Wildman–Crippen LogP) is 1.86. The molecule has 1 saturated heterocycles. The Kier molecular flexibility index (Phi) is 3.79. The van der Waals surface area contributed by atoms with Crippen molar-refractivity contribution in [2.24, 2.45) is 5.92 Å². The average molecular weight is 275 g/mol. The van der Waals surface area contributed by atoms with Crippen molar-refractivity contribution >= 4 is 11.9 Å². The number of nitrogens with zero attached hydrogens (tertiary/aromatic N) is 1. The van der Waals surface area contributed by atoms with Crippen LogP contribution in [-0.2, 0) is 9.59 Å². The Morgan fingerprint density at radius 3 is 2.50 bits per heavy atom. The molecule has 20 heavy (non-hydrogen) atoms. The Balaban J connectivity index is 2.20. The lowest BCUT2D eigenvalue weighted by Gasteiger charge is -2.24. The van der Waals surface area contributed by atoms with Crippen molar-refractivity contribution in [3.8, 4) is 5.75 Å². The number of methoxy groups -OCH3 is 1. The number of likely N-dealkylation sites (tertiary alicyclic amines) is 1. The van der Waals surface area contributed by atoms with Crippen molar-refractivity contribution < 1.29 is 19.4 Å². The molecule has 1 heterocycles. The van der Waals surface area contributed by atoms with Gasteiger partial charge in [-0.1, -0.05) is 18.7 Å². The highest BCUT2D eigenvalue weighted by Gasteiger charge is 2.40. The zero-order chi connectivity index (χ0) is 14.9. The highest BCUT2D eigenvalue weighted by molar-refractivity contribution is 6.01. The van der Waals surface area contributed by atoms with E-state index in [1.165, 1.54) is 0 Å². The van der Waals surface area contributed by atoms with Gasteiger partial charge >= 0.3 is 5.97 Å². The van der Waals surface area contributed by atoms with E-state index in [-0.39, 0.29) is 24.1 Å². The molecule has 1 aliphatic rings. The number of carbonyl (C=O) groups excluding carboxylic acids is 1. The molecule has 0 saturated carbocycles. The zero-order valence-electron chi connectivity index (χ0n) is 11.5. The van der Waals surface area contributed by atoms with Crippen molar-refractivity contribution in [1.82, 2.24) is 4.90 Å². The third-order valence-electron chi connectivity index (χ3n) is 3.70. The van der Waals surface area contributed by atoms with Crippen molar-refractivity contribution in [2.45, 2.75) is 13.0 Å². The van der Waals surface area contributed by atoms with Crippen LogP contribution in [-0.4, -0.2) is 35.5 Å². The molecule has 5 nitrogen and oxygen atoms in total. The number of carbonyl (C=O) groups is 2. The number of ether oxygens (including phenoxy) is 1. The second-order valence-electron chi connectivity index (χ2n) is 4.82. The van der Waals surface area contributed by atoms with E-state index in [0.29, 0.717) is 0 Å². The first-order valence-electron chi connectivity index (χ1n) is 6.32. The lowest BCUT2D eigenvalue weighted by atomic mass is 10.1. The van der Waals surface area contributed by atoms with Crippen LogP contribution in [0.15, 0.2) is 36.4 Å². The quantitative estimate of drug-likeness (QED) is 0.852. The maximum atomic E-state index is 12.1. The second kappa shape index (κ2) is 5.36. The third-order valence-corrected chi connectivity index (χ3v) is 3.70. The Bertz CT molecular complexity index is 549. The van der Waals surface area contributed by atoms with Crippen LogP contribution >= 0.6 is 0 Å². The summed E-state index contributed by atoms with van der Waals surface area (Å²) in [6, 6.07) is 7.17. The molecule has 1 aromatic carbocycles. The smallest absolute Gasteiger partial charge is 0.312 e. The lowest BCUT2D eigenvalue weighted by Crippen LogP contribution is -2.29. The zero-order valence-corrected chi connectivity index (χ0v) is 11.5. The van der Waals surface area contributed by atoms with E-state index in [9.17, 15) is 9.59 Å². The molecule has 0 spiro atoms. The SMILES string of the molecule is C=C1C(=O)N([C@@H](C)c2ccc(OC)cc2)CC1C(=O)O. The number of hydrogen-bond acceptors (Lipinski definition) is 3. The molecule has 2 rings (SSSR count). The van der Waals surface area contributed by atoms with Crippen LogP contribution < -0.4 is 4.74 Å². The number of benzene rings is 1. The first-order chi connectivity index (χ1) is 9.45. The molecule has 0 aromatic heterocycles. The number of aliphatic carboxylic acids is 1. The topological polar surface area (TPSA) is 66.8 Å². The van der Waals surface area contributed by atoms with E-state index in [1.807, 2.05) is 31.2 Å². The molecule has 106 valence electrons. The number of carboxylic acids is 1. The van der Waals surface area contributed by atoms with Gasteiger partial charge in [-0.25, -0.2) is 0 Å². The monoisotopic (exact) mass is 275 g/mol. The van der Waals surface area contributed by atoms with E-state index in [1.54, 1.807) is 12.0 Å². The maximum Gasteiger partial charge on any atom is 0.312 e. The summed E-state index contributed by atoms with van der Waals surface area (Å²) >= 11 is 0. The molecule has 0 aliphatic carbocycles. The van der Waals surface area contributed by atoms with Gasteiger partial charge in [0.15, 0.2) is 0 Å². The summed E-state index contributed by atoms with van der Waals surface area (Å²) in [5, 5.41) is 9.08. The molecule has 1 unspecified atom stereocenters. The maximum absolute atomic E-state index is 12.1. The summed E-state index contributed by atoms with van der Waals surface area (Å²) in [6.45, 7) is 5.64. The molecule has 0 bridgehead atoms. The van der Waals surface area contributed by atoms with Crippen LogP contribution in [0.1, 0.15) is 18.5 Å². The summed E-state index contributed by atoms with van der Waals surface area (Å²) in [7, 11) is 1.59. The molecular weight excluding hydrogens is 258 g/mol. The van der Waals surface area contributed by atoms with E-state index in [2.05, 4.69) is 6.58 Å². The number of amides is 1. The van der Waals surface area contributed by atoms with Crippen LogP contribution in [0.4, 0.5) is 0 Å². The minimum atomic E-state index is -1.01. The van der Waals surface area contributed by atoms with Crippen LogP contribution in [0.5, 0.6) is 5.75 Å². The Morgan fingerprint density at radius 1 is 1.45 bits per heavy atom. The van der Waals surface area contributed by atoms with E-state index >= 15 is 0 Å². The Morgan fingerprint density at radius 2 is 2.05 bits per heavy atom. The van der Waals surface area contributed by atoms with Crippen LogP contribution in [0.3, 0.4) is 0 Å². The van der Waals surface area contributed by atoms with Crippen LogP contribution in [0.25, 0.3) is 0 Å². The first-order valence-corrected chi connectivity index (χ1v) is 6.32. The minimum absolute atomic E-state index is 0.151. The first kappa shape index (κ1) is 14.1. The average Bonchev–Trinajstić information content (AvgIpc) is 2.75. The number of rotatable bonds is 4.